The quantitative estimate of drug-likeness (QED) is 0.496. The molecule has 4 rings (SSSR count). The zero-order chi connectivity index (χ0) is 23.4. The van der Waals surface area contributed by atoms with Crippen molar-refractivity contribution in [1.29, 1.82) is 0 Å². The highest BCUT2D eigenvalue weighted by Gasteiger charge is 2.19. The van der Waals surface area contributed by atoms with Crippen molar-refractivity contribution in [1.82, 2.24) is 14.9 Å². The highest BCUT2D eigenvalue weighted by atomic mass is 16.5. The molecule has 0 atom stereocenters. The number of rotatable bonds is 7. The van der Waals surface area contributed by atoms with Gasteiger partial charge in [0.1, 0.15) is 11.5 Å². The van der Waals surface area contributed by atoms with Gasteiger partial charge in [0.2, 0.25) is 5.91 Å². The van der Waals surface area contributed by atoms with Crippen molar-refractivity contribution in [3.8, 4) is 5.75 Å². The number of amides is 1. The van der Waals surface area contributed by atoms with Gasteiger partial charge in [-0.1, -0.05) is 18.2 Å². The van der Waals surface area contributed by atoms with Gasteiger partial charge in [0.15, 0.2) is 0 Å². The second kappa shape index (κ2) is 9.44. The van der Waals surface area contributed by atoms with Crippen LogP contribution in [0, 0.1) is 6.92 Å². The van der Waals surface area contributed by atoms with Gasteiger partial charge in [-0.2, -0.15) is 5.10 Å². The van der Waals surface area contributed by atoms with Crippen LogP contribution in [0.4, 0.5) is 11.4 Å². The van der Waals surface area contributed by atoms with E-state index in [1.54, 1.807) is 13.1 Å². The normalized spacial score (nSPS) is 12.8. The Morgan fingerprint density at radius 3 is 2.73 bits per heavy atom. The molecule has 0 unspecified atom stereocenters. The zero-order valence-electron chi connectivity index (χ0n) is 18.3. The SMILES string of the molecule is CC(=O)NCc1cnn2cc(C(=O)O)c(C)c2c1Nc1ccc(OC2=CC=CCC=C2)cc1. The summed E-state index contributed by atoms with van der Waals surface area (Å²) < 4.78 is 7.45. The first-order chi connectivity index (χ1) is 15.9. The summed E-state index contributed by atoms with van der Waals surface area (Å²) in [4.78, 5) is 23.1. The fourth-order valence-electron chi connectivity index (χ4n) is 3.55. The first-order valence-electron chi connectivity index (χ1n) is 10.5. The van der Waals surface area contributed by atoms with Crippen LogP contribution in [0.15, 0.2) is 72.8 Å². The Labute approximate surface area is 190 Å². The van der Waals surface area contributed by atoms with Crippen molar-refractivity contribution >= 4 is 28.8 Å². The van der Waals surface area contributed by atoms with Crippen LogP contribution < -0.4 is 15.4 Å². The number of anilines is 2. The lowest BCUT2D eigenvalue weighted by atomic mass is 10.1. The highest BCUT2D eigenvalue weighted by molar-refractivity contribution is 5.95. The van der Waals surface area contributed by atoms with Crippen molar-refractivity contribution in [2.45, 2.75) is 26.8 Å². The van der Waals surface area contributed by atoms with E-state index < -0.39 is 5.97 Å². The molecule has 0 fully saturated rings. The third-order valence-electron chi connectivity index (χ3n) is 5.20. The summed E-state index contributed by atoms with van der Waals surface area (Å²) >= 11 is 0. The molecule has 1 aliphatic rings. The minimum Gasteiger partial charge on any atom is -0.478 e. The molecular formula is C25H24N4O4. The van der Waals surface area contributed by atoms with E-state index in [2.05, 4.69) is 15.7 Å². The van der Waals surface area contributed by atoms with E-state index in [4.69, 9.17) is 4.74 Å². The Balaban J connectivity index is 1.66. The molecule has 2 heterocycles. The number of allylic oxidation sites excluding steroid dienone is 5. The van der Waals surface area contributed by atoms with E-state index in [-0.39, 0.29) is 18.0 Å². The van der Waals surface area contributed by atoms with Gasteiger partial charge >= 0.3 is 5.97 Å². The number of carbonyl (C=O) groups excluding carboxylic acids is 1. The van der Waals surface area contributed by atoms with Gasteiger partial charge < -0.3 is 20.5 Å². The van der Waals surface area contributed by atoms with Crippen molar-refractivity contribution in [3.05, 3.63) is 89.5 Å². The second-order valence-corrected chi connectivity index (χ2v) is 7.61. The molecule has 8 heteroatoms. The van der Waals surface area contributed by atoms with Crippen LogP contribution in [-0.4, -0.2) is 26.6 Å². The third-order valence-corrected chi connectivity index (χ3v) is 5.20. The largest absolute Gasteiger partial charge is 0.478 e. The number of aryl methyl sites for hydroxylation is 1. The zero-order valence-corrected chi connectivity index (χ0v) is 18.3. The van der Waals surface area contributed by atoms with Gasteiger partial charge in [0.05, 0.1) is 23.0 Å². The summed E-state index contributed by atoms with van der Waals surface area (Å²) in [7, 11) is 0. The number of hydrogen-bond acceptors (Lipinski definition) is 5. The maximum Gasteiger partial charge on any atom is 0.337 e. The van der Waals surface area contributed by atoms with Crippen molar-refractivity contribution < 1.29 is 19.4 Å². The number of carboxylic acids is 1. The molecule has 8 nitrogen and oxygen atoms in total. The number of nitrogens with one attached hydrogen (secondary N) is 2. The van der Waals surface area contributed by atoms with Crippen LogP contribution in [0.3, 0.4) is 0 Å². The van der Waals surface area contributed by atoms with Gasteiger partial charge in [-0.15, -0.1) is 0 Å². The van der Waals surface area contributed by atoms with Gasteiger partial charge in [-0.25, -0.2) is 9.31 Å². The van der Waals surface area contributed by atoms with Crippen molar-refractivity contribution in [2.75, 3.05) is 5.32 Å². The Kier molecular flexibility index (Phi) is 6.26. The molecule has 1 aromatic carbocycles. The molecule has 0 saturated carbocycles. The average Bonchev–Trinajstić information content (AvgIpc) is 2.94. The molecular weight excluding hydrogens is 420 g/mol. The van der Waals surface area contributed by atoms with E-state index in [0.717, 1.165) is 23.4 Å². The number of carboxylic acid groups (broad SMARTS) is 1. The molecule has 2 aromatic heterocycles. The molecule has 0 aliphatic heterocycles. The average molecular weight is 444 g/mol. The highest BCUT2D eigenvalue weighted by Crippen LogP contribution is 2.31. The number of carbonyl (C=O) groups is 2. The molecule has 168 valence electrons. The van der Waals surface area contributed by atoms with Crippen LogP contribution in [0.5, 0.6) is 5.75 Å². The molecule has 0 spiro atoms. The van der Waals surface area contributed by atoms with Crippen molar-refractivity contribution in [2.24, 2.45) is 0 Å². The predicted molar refractivity (Wildman–Crippen MR) is 126 cm³/mol. The monoisotopic (exact) mass is 444 g/mol. The maximum atomic E-state index is 11.6. The summed E-state index contributed by atoms with van der Waals surface area (Å²) in [6.07, 6.45) is 13.9. The Bertz CT molecular complexity index is 1300. The summed E-state index contributed by atoms with van der Waals surface area (Å²) in [6.45, 7) is 3.44. The molecule has 0 saturated heterocycles. The standard InChI is InChI=1S/C25H24N4O4/c1-16-22(25(31)32)15-29-24(16)23(18(14-27-29)13-26-17(2)30)28-19-9-11-21(12-10-19)33-20-7-5-3-4-6-8-20/h3,5-12,14-15,28H,4,13H2,1-2H3,(H,26,30)(H,31,32). The Morgan fingerprint density at radius 2 is 2.00 bits per heavy atom. The van der Waals surface area contributed by atoms with Gasteiger partial charge in [0, 0.05) is 30.9 Å². The topological polar surface area (TPSA) is 105 Å². The van der Waals surface area contributed by atoms with Crippen molar-refractivity contribution in [3.63, 3.8) is 0 Å². The van der Waals surface area contributed by atoms with Gasteiger partial charge in [-0.05, 0) is 55.3 Å². The lowest BCUT2D eigenvalue weighted by Gasteiger charge is -2.15. The Morgan fingerprint density at radius 1 is 1.21 bits per heavy atom. The number of ether oxygens (including phenoxy) is 1. The van der Waals surface area contributed by atoms with Crippen LogP contribution in [0.25, 0.3) is 5.52 Å². The first-order valence-corrected chi connectivity index (χ1v) is 10.5. The fourth-order valence-corrected chi connectivity index (χ4v) is 3.55. The number of fused-ring (bicyclic) bond motifs is 1. The van der Waals surface area contributed by atoms with Gasteiger partial charge in [0.25, 0.3) is 0 Å². The van der Waals surface area contributed by atoms with Crippen LogP contribution in [-0.2, 0) is 11.3 Å². The van der Waals surface area contributed by atoms with E-state index in [1.165, 1.54) is 17.6 Å². The molecule has 3 N–H and O–H groups in total. The molecule has 33 heavy (non-hydrogen) atoms. The van der Waals surface area contributed by atoms with Crippen LogP contribution >= 0.6 is 0 Å². The molecule has 1 aliphatic carbocycles. The van der Waals surface area contributed by atoms with E-state index in [9.17, 15) is 14.7 Å². The smallest absolute Gasteiger partial charge is 0.337 e. The lowest BCUT2D eigenvalue weighted by molar-refractivity contribution is -0.119. The minimum absolute atomic E-state index is 0.169. The van der Waals surface area contributed by atoms with Crippen LogP contribution in [0.2, 0.25) is 0 Å². The lowest BCUT2D eigenvalue weighted by Crippen LogP contribution is -2.20. The third kappa shape index (κ3) is 4.95. The number of aromatic nitrogens is 2. The number of hydrogen-bond donors (Lipinski definition) is 3. The second-order valence-electron chi connectivity index (χ2n) is 7.61. The predicted octanol–water partition coefficient (Wildman–Crippen LogP) is 4.50. The molecule has 0 bridgehead atoms. The maximum absolute atomic E-state index is 11.6. The summed E-state index contributed by atoms with van der Waals surface area (Å²) in [5.74, 6) is 0.253. The molecule has 1 amide bonds. The molecule has 0 radical (unpaired) electrons. The summed E-state index contributed by atoms with van der Waals surface area (Å²) in [6, 6.07) is 7.46. The number of nitrogens with zero attached hydrogens (tertiary/aromatic N) is 2. The molecule has 3 aromatic rings. The van der Waals surface area contributed by atoms with E-state index in [1.807, 2.05) is 54.6 Å². The minimum atomic E-state index is -1.02. The Hall–Kier alpha value is -4.33. The van der Waals surface area contributed by atoms with E-state index in [0.29, 0.717) is 22.5 Å². The number of aromatic carboxylic acids is 1. The number of benzene rings is 1. The van der Waals surface area contributed by atoms with E-state index >= 15 is 0 Å². The summed E-state index contributed by atoms with van der Waals surface area (Å²) in [5.41, 5.74) is 3.58. The van der Waals surface area contributed by atoms with Crippen LogP contribution in [0.1, 0.15) is 34.8 Å². The fraction of sp³-hybridized carbons (Fsp3) is 0.160. The summed E-state index contributed by atoms with van der Waals surface area (Å²) in [5, 5.41) is 20.0. The van der Waals surface area contributed by atoms with Gasteiger partial charge in [-0.3, -0.25) is 4.79 Å². The first kappa shape index (κ1) is 21.9.